The summed E-state index contributed by atoms with van der Waals surface area (Å²) in [6, 6.07) is 2.46. The van der Waals surface area contributed by atoms with Gasteiger partial charge in [0.1, 0.15) is 0 Å². The number of benzene rings is 1. The lowest BCUT2D eigenvalue weighted by atomic mass is 9.75. The third-order valence-corrected chi connectivity index (χ3v) is 4.33. The Bertz CT molecular complexity index is 473. The van der Waals surface area contributed by atoms with Gasteiger partial charge in [-0.05, 0) is 55.3 Å². The minimum Gasteiger partial charge on any atom is -0.316 e. The molecule has 1 fully saturated rings. The molecule has 0 aliphatic heterocycles. The van der Waals surface area contributed by atoms with Gasteiger partial charge in [-0.1, -0.05) is 32.8 Å². The van der Waals surface area contributed by atoms with Crippen LogP contribution in [0, 0.1) is 29.3 Å². The Morgan fingerprint density at radius 2 is 1.81 bits per heavy atom. The van der Waals surface area contributed by atoms with Crippen molar-refractivity contribution in [2.24, 2.45) is 11.8 Å². The third kappa shape index (κ3) is 4.00. The van der Waals surface area contributed by atoms with Crippen molar-refractivity contribution in [3.8, 4) is 0 Å². The van der Waals surface area contributed by atoms with Crippen molar-refractivity contribution in [2.75, 3.05) is 13.1 Å². The van der Waals surface area contributed by atoms with Crippen LogP contribution in [0.2, 0.25) is 0 Å². The molecule has 2 rings (SSSR count). The minimum absolute atomic E-state index is 0.0199. The maximum absolute atomic E-state index is 14.0. The van der Waals surface area contributed by atoms with Crippen LogP contribution in [-0.4, -0.2) is 13.1 Å². The van der Waals surface area contributed by atoms with E-state index in [1.807, 2.05) is 0 Å². The summed E-state index contributed by atoms with van der Waals surface area (Å²) in [5.41, 5.74) is 0.338. The fourth-order valence-corrected chi connectivity index (χ4v) is 3.25. The van der Waals surface area contributed by atoms with Crippen molar-refractivity contribution in [1.82, 2.24) is 5.32 Å². The second kappa shape index (κ2) is 7.30. The van der Waals surface area contributed by atoms with Crippen molar-refractivity contribution >= 4 is 0 Å². The van der Waals surface area contributed by atoms with E-state index in [0.717, 1.165) is 44.8 Å². The molecule has 0 bridgehead atoms. The zero-order valence-electron chi connectivity index (χ0n) is 12.8. The zero-order valence-corrected chi connectivity index (χ0v) is 12.8. The molecule has 1 N–H and O–H groups in total. The number of nitrogens with one attached hydrogen (secondary N) is 1. The Balaban J connectivity index is 2.13. The van der Waals surface area contributed by atoms with E-state index >= 15 is 0 Å². The number of hydrogen-bond donors (Lipinski definition) is 1. The molecule has 4 heteroatoms. The lowest BCUT2D eigenvalue weighted by Crippen LogP contribution is -2.32. The highest BCUT2D eigenvalue weighted by molar-refractivity contribution is 5.25. The Kier molecular flexibility index (Phi) is 5.68. The van der Waals surface area contributed by atoms with Crippen LogP contribution < -0.4 is 5.32 Å². The molecule has 1 saturated carbocycles. The molecule has 0 saturated heterocycles. The molecule has 1 aliphatic carbocycles. The summed E-state index contributed by atoms with van der Waals surface area (Å²) in [6.07, 6.45) is 3.99. The van der Waals surface area contributed by atoms with Crippen molar-refractivity contribution in [3.63, 3.8) is 0 Å². The fraction of sp³-hybridized carbons (Fsp3) is 0.647. The van der Waals surface area contributed by atoms with Crippen LogP contribution in [0.5, 0.6) is 0 Å². The van der Waals surface area contributed by atoms with Gasteiger partial charge in [-0.3, -0.25) is 0 Å². The summed E-state index contributed by atoms with van der Waals surface area (Å²) >= 11 is 0. The summed E-state index contributed by atoms with van der Waals surface area (Å²) in [5, 5.41) is 3.41. The van der Waals surface area contributed by atoms with Crippen molar-refractivity contribution in [2.45, 2.75) is 45.4 Å². The van der Waals surface area contributed by atoms with Gasteiger partial charge in [0, 0.05) is 0 Å². The summed E-state index contributed by atoms with van der Waals surface area (Å²) in [4.78, 5) is 0. The normalized spacial score (nSPS) is 22.8. The Morgan fingerprint density at radius 3 is 2.52 bits per heavy atom. The predicted molar refractivity (Wildman–Crippen MR) is 78.7 cm³/mol. The SMILES string of the molecule is CC(C)CNCC1CCCCC1c1ccc(F)c(F)c1F. The Morgan fingerprint density at radius 1 is 1.10 bits per heavy atom. The van der Waals surface area contributed by atoms with E-state index in [4.69, 9.17) is 0 Å². The Hall–Kier alpha value is -1.03. The number of halogens is 3. The van der Waals surface area contributed by atoms with E-state index in [-0.39, 0.29) is 11.8 Å². The smallest absolute Gasteiger partial charge is 0.194 e. The largest absolute Gasteiger partial charge is 0.316 e. The monoisotopic (exact) mass is 299 g/mol. The van der Waals surface area contributed by atoms with Crippen LogP contribution in [0.25, 0.3) is 0 Å². The summed E-state index contributed by atoms with van der Waals surface area (Å²) in [7, 11) is 0. The lowest BCUT2D eigenvalue weighted by molar-refractivity contribution is 0.283. The molecule has 1 nitrogen and oxygen atoms in total. The van der Waals surface area contributed by atoms with Crippen LogP contribution in [-0.2, 0) is 0 Å². The van der Waals surface area contributed by atoms with Gasteiger partial charge < -0.3 is 5.32 Å². The number of hydrogen-bond acceptors (Lipinski definition) is 1. The van der Waals surface area contributed by atoms with Crippen LogP contribution in [0.4, 0.5) is 13.2 Å². The molecule has 118 valence electrons. The molecule has 1 aromatic carbocycles. The van der Waals surface area contributed by atoms with E-state index in [1.54, 1.807) is 0 Å². The average molecular weight is 299 g/mol. The maximum atomic E-state index is 14.0. The maximum Gasteiger partial charge on any atom is 0.194 e. The van der Waals surface area contributed by atoms with Gasteiger partial charge in [0.25, 0.3) is 0 Å². The average Bonchev–Trinajstić information content (AvgIpc) is 2.46. The van der Waals surface area contributed by atoms with Gasteiger partial charge in [0.05, 0.1) is 0 Å². The Labute approximate surface area is 124 Å². The van der Waals surface area contributed by atoms with E-state index in [9.17, 15) is 13.2 Å². The molecular weight excluding hydrogens is 275 g/mol. The zero-order chi connectivity index (χ0) is 15.4. The minimum atomic E-state index is -1.34. The van der Waals surface area contributed by atoms with Gasteiger partial charge >= 0.3 is 0 Å². The molecule has 0 aromatic heterocycles. The first-order chi connectivity index (χ1) is 10.0. The summed E-state index contributed by atoms with van der Waals surface area (Å²) in [6.45, 7) is 6.01. The molecule has 1 aromatic rings. The first-order valence-electron chi connectivity index (χ1n) is 7.84. The fourth-order valence-electron chi connectivity index (χ4n) is 3.25. The standard InChI is InChI=1S/C17H24F3N/c1-11(2)9-21-10-12-5-3-4-6-13(12)14-7-8-15(18)17(20)16(14)19/h7-8,11-13,21H,3-6,9-10H2,1-2H3. The van der Waals surface area contributed by atoms with Gasteiger partial charge in [-0.15, -0.1) is 0 Å². The van der Waals surface area contributed by atoms with Gasteiger partial charge in [0.15, 0.2) is 17.5 Å². The van der Waals surface area contributed by atoms with Crippen molar-refractivity contribution in [1.29, 1.82) is 0 Å². The summed E-state index contributed by atoms with van der Waals surface area (Å²) in [5.74, 6) is -2.62. The molecule has 2 unspecified atom stereocenters. The van der Waals surface area contributed by atoms with Crippen LogP contribution in [0.15, 0.2) is 12.1 Å². The molecule has 0 radical (unpaired) electrons. The van der Waals surface area contributed by atoms with Crippen LogP contribution in [0.1, 0.15) is 51.0 Å². The van der Waals surface area contributed by atoms with Crippen molar-refractivity contribution in [3.05, 3.63) is 35.1 Å². The summed E-state index contributed by atoms with van der Waals surface area (Å²) < 4.78 is 40.6. The van der Waals surface area contributed by atoms with Crippen LogP contribution >= 0.6 is 0 Å². The second-order valence-corrected chi connectivity index (χ2v) is 6.47. The molecule has 0 spiro atoms. The highest BCUT2D eigenvalue weighted by atomic mass is 19.2. The quantitative estimate of drug-likeness (QED) is 0.782. The number of rotatable bonds is 5. The van der Waals surface area contributed by atoms with Gasteiger partial charge in [0.2, 0.25) is 0 Å². The van der Waals surface area contributed by atoms with E-state index in [0.29, 0.717) is 11.5 Å². The van der Waals surface area contributed by atoms with Crippen molar-refractivity contribution < 1.29 is 13.2 Å². The molecule has 21 heavy (non-hydrogen) atoms. The molecule has 2 atom stereocenters. The highest BCUT2D eigenvalue weighted by Gasteiger charge is 2.29. The first-order valence-corrected chi connectivity index (χ1v) is 7.84. The first kappa shape index (κ1) is 16.3. The predicted octanol–water partition coefficient (Wildman–Crippen LogP) is 4.62. The van der Waals surface area contributed by atoms with Gasteiger partial charge in [-0.2, -0.15) is 0 Å². The second-order valence-electron chi connectivity index (χ2n) is 6.47. The molecule has 1 aliphatic rings. The van der Waals surface area contributed by atoms with E-state index < -0.39 is 17.5 Å². The molecule has 0 amide bonds. The third-order valence-electron chi connectivity index (χ3n) is 4.33. The van der Waals surface area contributed by atoms with Crippen LogP contribution in [0.3, 0.4) is 0 Å². The van der Waals surface area contributed by atoms with Gasteiger partial charge in [-0.25, -0.2) is 13.2 Å². The lowest BCUT2D eigenvalue weighted by Gasteiger charge is -2.32. The molecular formula is C17H24F3N. The van der Waals surface area contributed by atoms with E-state index in [1.165, 1.54) is 6.07 Å². The van der Waals surface area contributed by atoms with E-state index in [2.05, 4.69) is 19.2 Å². The topological polar surface area (TPSA) is 12.0 Å². The highest BCUT2D eigenvalue weighted by Crippen LogP contribution is 2.39. The molecule has 0 heterocycles.